The first-order valence-corrected chi connectivity index (χ1v) is 23.8. The van der Waals surface area contributed by atoms with Crippen LogP contribution in [0.25, 0.3) is 93.5 Å². The fraction of sp³-hybridized carbons (Fsp3) is 0.0606. The third-order valence-corrected chi connectivity index (χ3v) is 14.6. The zero-order chi connectivity index (χ0) is 45.5. The van der Waals surface area contributed by atoms with E-state index in [-0.39, 0.29) is 5.41 Å². The van der Waals surface area contributed by atoms with Gasteiger partial charge in [0.05, 0.1) is 11.0 Å². The molecule has 0 N–H and O–H groups in total. The number of aryl methyl sites for hydroxylation is 1. The van der Waals surface area contributed by atoms with Crippen LogP contribution < -0.4 is 4.90 Å². The van der Waals surface area contributed by atoms with Gasteiger partial charge in [-0.2, -0.15) is 0 Å². The molecule has 1 aromatic heterocycles. The number of para-hydroxylation sites is 3. The van der Waals surface area contributed by atoms with Gasteiger partial charge in [-0.15, -0.1) is 0 Å². The minimum Gasteiger partial charge on any atom is -0.310 e. The molecule has 68 heavy (non-hydrogen) atoms. The molecule has 12 aromatic rings. The van der Waals surface area contributed by atoms with Crippen LogP contribution in [0, 0.1) is 6.92 Å². The van der Waals surface area contributed by atoms with Crippen molar-refractivity contribution in [2.45, 2.75) is 26.2 Å². The van der Waals surface area contributed by atoms with Crippen LogP contribution >= 0.6 is 0 Å². The quantitative estimate of drug-likeness (QED) is 0.145. The van der Waals surface area contributed by atoms with Crippen molar-refractivity contribution < 1.29 is 0 Å². The second-order valence-corrected chi connectivity index (χ2v) is 19.0. The molecular formula is C66H48N2. The van der Waals surface area contributed by atoms with Gasteiger partial charge in [-0.3, -0.25) is 0 Å². The number of hydrogen-bond donors (Lipinski definition) is 0. The van der Waals surface area contributed by atoms with Crippen LogP contribution in [0.15, 0.2) is 237 Å². The molecule has 11 aromatic carbocycles. The van der Waals surface area contributed by atoms with Crippen LogP contribution in [0.5, 0.6) is 0 Å². The predicted octanol–water partition coefficient (Wildman–Crippen LogP) is 18.2. The molecule has 1 aliphatic carbocycles. The molecular weight excluding hydrogens is 821 g/mol. The second-order valence-electron chi connectivity index (χ2n) is 19.0. The monoisotopic (exact) mass is 868 g/mol. The minimum absolute atomic E-state index is 0.249. The first-order valence-electron chi connectivity index (χ1n) is 23.8. The molecule has 0 spiro atoms. The summed E-state index contributed by atoms with van der Waals surface area (Å²) in [5.41, 5.74) is 20.7. The predicted molar refractivity (Wildman–Crippen MR) is 289 cm³/mol. The van der Waals surface area contributed by atoms with Crippen LogP contribution in [0.1, 0.15) is 30.5 Å². The Hall–Kier alpha value is -8.46. The molecule has 0 fully saturated rings. The molecule has 0 amide bonds. The van der Waals surface area contributed by atoms with Gasteiger partial charge in [0.15, 0.2) is 0 Å². The fourth-order valence-electron chi connectivity index (χ4n) is 11.4. The van der Waals surface area contributed by atoms with Gasteiger partial charge in [-0.05, 0) is 151 Å². The Bertz CT molecular complexity index is 3860. The smallest absolute Gasteiger partial charge is 0.0541 e. The van der Waals surface area contributed by atoms with E-state index in [2.05, 4.69) is 267 Å². The van der Waals surface area contributed by atoms with Crippen LogP contribution in [0.2, 0.25) is 0 Å². The number of rotatable bonds is 7. The average Bonchev–Trinajstić information content (AvgIpc) is 3.84. The van der Waals surface area contributed by atoms with E-state index in [1.807, 2.05) is 0 Å². The summed E-state index contributed by atoms with van der Waals surface area (Å²) in [6.45, 7) is 7.02. The molecule has 0 aliphatic heterocycles. The van der Waals surface area contributed by atoms with Crippen molar-refractivity contribution in [3.8, 4) is 50.2 Å². The SMILES string of the molecule is Cc1ccc2c(-c3ccc(-c4ccccc4)cc3)c3ccccc3c(-c3ccc4c(c3)C(C)(C)c3cc(N(c5ccccc5)c5ccc(-n6c7ccccc7c7ccccc76)cc5)ccc3-4)c2c1. The van der Waals surface area contributed by atoms with E-state index in [1.165, 1.54) is 105 Å². The molecule has 0 radical (unpaired) electrons. The molecule has 0 bridgehead atoms. The fourth-order valence-corrected chi connectivity index (χ4v) is 11.4. The first kappa shape index (κ1) is 39.9. The van der Waals surface area contributed by atoms with Crippen molar-refractivity contribution in [3.05, 3.63) is 253 Å². The van der Waals surface area contributed by atoms with Gasteiger partial charge in [0.1, 0.15) is 0 Å². The van der Waals surface area contributed by atoms with Crippen LogP contribution in [-0.2, 0) is 5.41 Å². The highest BCUT2D eigenvalue weighted by atomic mass is 15.1. The van der Waals surface area contributed by atoms with Gasteiger partial charge < -0.3 is 9.47 Å². The lowest BCUT2D eigenvalue weighted by Gasteiger charge is -2.28. The third-order valence-electron chi connectivity index (χ3n) is 14.6. The van der Waals surface area contributed by atoms with Crippen molar-refractivity contribution >= 4 is 60.4 Å². The molecule has 0 saturated carbocycles. The maximum absolute atomic E-state index is 2.50. The lowest BCUT2D eigenvalue weighted by Crippen LogP contribution is -2.16. The van der Waals surface area contributed by atoms with Crippen molar-refractivity contribution in [3.63, 3.8) is 0 Å². The van der Waals surface area contributed by atoms with Gasteiger partial charge in [0.25, 0.3) is 0 Å². The third kappa shape index (κ3) is 6.25. The second kappa shape index (κ2) is 15.6. The van der Waals surface area contributed by atoms with Crippen molar-refractivity contribution in [1.29, 1.82) is 0 Å². The molecule has 13 rings (SSSR count). The summed E-state index contributed by atoms with van der Waals surface area (Å²) in [5, 5.41) is 7.62. The molecule has 1 aliphatic rings. The van der Waals surface area contributed by atoms with Crippen molar-refractivity contribution in [2.24, 2.45) is 0 Å². The van der Waals surface area contributed by atoms with Crippen LogP contribution in [-0.4, -0.2) is 4.57 Å². The van der Waals surface area contributed by atoms with Gasteiger partial charge >= 0.3 is 0 Å². The van der Waals surface area contributed by atoms with Crippen LogP contribution in [0.3, 0.4) is 0 Å². The Morgan fingerprint density at radius 2 is 0.809 bits per heavy atom. The zero-order valence-corrected chi connectivity index (χ0v) is 38.4. The van der Waals surface area contributed by atoms with E-state index < -0.39 is 0 Å². The zero-order valence-electron chi connectivity index (χ0n) is 38.4. The van der Waals surface area contributed by atoms with E-state index >= 15 is 0 Å². The minimum atomic E-state index is -0.249. The molecule has 0 unspecified atom stereocenters. The van der Waals surface area contributed by atoms with Gasteiger partial charge in [0.2, 0.25) is 0 Å². The summed E-state index contributed by atoms with van der Waals surface area (Å²) in [7, 11) is 0. The summed E-state index contributed by atoms with van der Waals surface area (Å²) in [5.74, 6) is 0. The number of fused-ring (bicyclic) bond motifs is 8. The van der Waals surface area contributed by atoms with E-state index in [0.717, 1.165) is 22.7 Å². The molecule has 0 atom stereocenters. The Labute approximate surface area is 397 Å². The highest BCUT2D eigenvalue weighted by molar-refractivity contribution is 6.21. The number of aromatic nitrogens is 1. The topological polar surface area (TPSA) is 8.17 Å². The molecule has 2 heteroatoms. The van der Waals surface area contributed by atoms with E-state index in [9.17, 15) is 0 Å². The van der Waals surface area contributed by atoms with Crippen molar-refractivity contribution in [2.75, 3.05) is 4.90 Å². The summed E-state index contributed by atoms with van der Waals surface area (Å²) in [4.78, 5) is 2.40. The Morgan fingerprint density at radius 1 is 0.338 bits per heavy atom. The summed E-state index contributed by atoms with van der Waals surface area (Å²) >= 11 is 0. The number of benzene rings is 11. The molecule has 1 heterocycles. The summed E-state index contributed by atoms with van der Waals surface area (Å²) in [6, 6.07) is 87.4. The number of anilines is 3. The first-order chi connectivity index (χ1) is 33.4. The lowest BCUT2D eigenvalue weighted by atomic mass is 9.80. The Kier molecular flexibility index (Phi) is 9.13. The molecule has 2 nitrogen and oxygen atoms in total. The van der Waals surface area contributed by atoms with Crippen molar-refractivity contribution in [1.82, 2.24) is 4.57 Å². The molecule has 322 valence electrons. The van der Waals surface area contributed by atoms with Gasteiger partial charge in [-0.25, -0.2) is 0 Å². The average molecular weight is 869 g/mol. The Balaban J connectivity index is 0.908. The Morgan fingerprint density at radius 3 is 1.47 bits per heavy atom. The summed E-state index contributed by atoms with van der Waals surface area (Å²) in [6.07, 6.45) is 0. The highest BCUT2D eigenvalue weighted by Crippen LogP contribution is 2.53. The maximum Gasteiger partial charge on any atom is 0.0541 e. The number of nitrogens with zero attached hydrogens (tertiary/aromatic N) is 2. The number of hydrogen-bond acceptors (Lipinski definition) is 1. The van der Waals surface area contributed by atoms with Gasteiger partial charge in [-0.1, -0.05) is 189 Å². The lowest BCUT2D eigenvalue weighted by molar-refractivity contribution is 0.660. The van der Waals surface area contributed by atoms with E-state index in [0.29, 0.717) is 0 Å². The normalized spacial score (nSPS) is 12.8. The van der Waals surface area contributed by atoms with Gasteiger partial charge in [0, 0.05) is 38.9 Å². The largest absolute Gasteiger partial charge is 0.310 e. The maximum atomic E-state index is 2.50. The van der Waals surface area contributed by atoms with E-state index in [1.54, 1.807) is 0 Å². The summed E-state index contributed by atoms with van der Waals surface area (Å²) < 4.78 is 2.39. The van der Waals surface area contributed by atoms with E-state index in [4.69, 9.17) is 0 Å². The van der Waals surface area contributed by atoms with Crippen LogP contribution in [0.4, 0.5) is 17.1 Å². The standard InChI is InChI=1S/C66H48N2/c1-43-26-37-58-59(40-43)65(57-23-11-10-22-56(57)64(58)46-29-27-45(28-30-46)44-16-6-4-7-17-44)47-31-38-52-53-39-36-51(42-61(53)66(2,3)60(52)41-47)67(48-18-8-5-9-19-48)49-32-34-50(35-33-49)68-62-24-14-12-20-54(62)55-21-13-15-25-63(55)68/h4-42H,1-3H3. The highest BCUT2D eigenvalue weighted by Gasteiger charge is 2.37. The molecule has 0 saturated heterocycles.